The molecule has 0 N–H and O–H groups in total. The van der Waals surface area contributed by atoms with Gasteiger partial charge in [0, 0.05) is 58.5 Å². The fourth-order valence-electron chi connectivity index (χ4n) is 10.1. The van der Waals surface area contributed by atoms with Crippen molar-refractivity contribution in [3.63, 3.8) is 0 Å². The summed E-state index contributed by atoms with van der Waals surface area (Å²) in [6.07, 6.45) is 12.0. The molecule has 0 radical (unpaired) electrons. The lowest BCUT2D eigenvalue weighted by molar-refractivity contribution is -0.773. The topological polar surface area (TPSA) is 108 Å². The van der Waals surface area contributed by atoms with E-state index in [4.69, 9.17) is 119 Å². The molecular weight excluding hydrogens is 1040 g/mol. The SMILES string of the molecule is O=[N+]([O-])C(CCc1nc2[n+](n1-c1c(Cl)cc(Cl)cc1Cl)CCCCC2)(CCc1nc2[n+](n1-c1c(Cl)cc(Cl)cc1Cl)CCCCC2)CCc1nc2[n+](n1-c1c(Cl)cc(Cl)cc1Cl)CCCCC2. The number of halogens is 9. The Balaban J connectivity index is 1.16. The Bertz CT molecular complexity index is 2520. The third kappa shape index (κ3) is 10.0. The van der Waals surface area contributed by atoms with Crippen LogP contribution in [0.2, 0.25) is 45.2 Å². The summed E-state index contributed by atoms with van der Waals surface area (Å²) in [5.41, 5.74) is 0.0459. The molecule has 6 heterocycles. The maximum absolute atomic E-state index is 14.2. The number of fused-ring (bicyclic) bond motifs is 3. The minimum atomic E-state index is -1.55. The zero-order chi connectivity index (χ0) is 47.1. The number of hydrogen-bond acceptors (Lipinski definition) is 5. The molecule has 3 aliphatic heterocycles. The average molecular weight is 1090 g/mol. The van der Waals surface area contributed by atoms with E-state index >= 15 is 0 Å². The van der Waals surface area contributed by atoms with Crippen molar-refractivity contribution >= 4 is 104 Å². The summed E-state index contributed by atoms with van der Waals surface area (Å²) in [5.74, 6) is 4.45. The molecule has 0 saturated carbocycles. The quantitative estimate of drug-likeness (QED) is 0.0650. The first-order valence-corrected chi connectivity index (χ1v) is 26.2. The van der Waals surface area contributed by atoms with Crippen LogP contribution in [0.5, 0.6) is 0 Å². The zero-order valence-electron chi connectivity index (χ0n) is 36.5. The van der Waals surface area contributed by atoms with Gasteiger partial charge in [-0.15, -0.1) is 28.1 Å². The van der Waals surface area contributed by atoms with Crippen LogP contribution in [0, 0.1) is 10.1 Å². The van der Waals surface area contributed by atoms with Crippen LogP contribution in [-0.2, 0) is 58.2 Å². The number of nitrogens with zero attached hydrogens (tertiary/aromatic N) is 10. The Hall–Kier alpha value is -2.91. The standard InChI is InChI=1S/C46H48Cl9N10O2/c47-28-22-31(50)43(32(51)23-28)62-40(56-37-10-4-1-7-19-59(37)62)13-16-46(65(66)67,17-14-41-57-38-11-5-2-8-20-60(38)63(41)44-33(52)24-29(48)25-34(44)53)18-15-42-58-39-12-6-3-9-21-61(39)64(42)45-35(54)26-30(49)27-36(45)55/h22-27H,1-21H2/q+3. The second-order valence-corrected chi connectivity index (χ2v) is 21.5. The molecular formula is C46H48Cl9N10O2+3. The van der Waals surface area contributed by atoms with Crippen LogP contribution in [0.25, 0.3) is 17.1 Å². The van der Waals surface area contributed by atoms with Gasteiger partial charge in [0.2, 0.25) is 5.54 Å². The van der Waals surface area contributed by atoms with Crippen LogP contribution < -0.4 is 14.0 Å². The van der Waals surface area contributed by atoms with Crippen molar-refractivity contribution in [3.8, 4) is 17.1 Å². The molecule has 0 bridgehead atoms. The van der Waals surface area contributed by atoms with E-state index in [1.54, 1.807) is 36.4 Å². The second-order valence-electron chi connectivity index (χ2n) is 17.7. The van der Waals surface area contributed by atoms with Crippen LogP contribution in [0.15, 0.2) is 36.4 Å². The Kier molecular flexibility index (Phi) is 15.3. The second kappa shape index (κ2) is 20.8. The van der Waals surface area contributed by atoms with Gasteiger partial charge in [-0.05, 0) is 109 Å². The lowest BCUT2D eigenvalue weighted by Gasteiger charge is -2.24. The fourth-order valence-corrected chi connectivity index (χ4v) is 13.0. The molecule has 0 fully saturated rings. The van der Waals surface area contributed by atoms with E-state index < -0.39 is 5.54 Å². The van der Waals surface area contributed by atoms with Crippen LogP contribution in [-0.4, -0.2) is 39.5 Å². The first-order chi connectivity index (χ1) is 32.2. The normalized spacial score (nSPS) is 15.4. The highest BCUT2D eigenvalue weighted by Crippen LogP contribution is 2.38. The van der Waals surface area contributed by atoms with Crippen molar-refractivity contribution in [1.29, 1.82) is 0 Å². The largest absolute Gasteiger partial charge is 0.319 e. The van der Waals surface area contributed by atoms with Gasteiger partial charge in [0.25, 0.3) is 17.5 Å². The number of benzene rings is 3. The molecule has 21 heteroatoms. The number of hydrogen-bond donors (Lipinski definition) is 0. The smallest absolute Gasteiger partial charge is 0.264 e. The van der Waals surface area contributed by atoms with Gasteiger partial charge in [0.15, 0.2) is 0 Å². The third-order valence-electron chi connectivity index (χ3n) is 13.3. The molecule has 9 rings (SSSR count). The van der Waals surface area contributed by atoms with Gasteiger partial charge in [0.05, 0.1) is 49.4 Å². The number of rotatable bonds is 13. The molecule has 0 atom stereocenters. The maximum Gasteiger partial charge on any atom is 0.319 e. The average Bonchev–Trinajstić information content (AvgIpc) is 3.61. The van der Waals surface area contributed by atoms with Gasteiger partial charge in [0.1, 0.15) is 36.7 Å². The molecule has 3 aromatic heterocycles. The molecule has 0 aliphatic carbocycles. The lowest BCUT2D eigenvalue weighted by atomic mass is 9.84. The maximum atomic E-state index is 14.2. The van der Waals surface area contributed by atoms with E-state index in [1.165, 1.54) is 0 Å². The predicted octanol–water partition coefficient (Wildman–Crippen LogP) is 12.4. The molecule has 67 heavy (non-hydrogen) atoms. The van der Waals surface area contributed by atoms with Gasteiger partial charge in [-0.2, -0.15) is 0 Å². The first-order valence-electron chi connectivity index (χ1n) is 22.8. The molecule has 3 aromatic carbocycles. The summed E-state index contributed by atoms with van der Waals surface area (Å²) in [7, 11) is 0. The summed E-state index contributed by atoms with van der Waals surface area (Å²) in [6.45, 7) is 2.04. The van der Waals surface area contributed by atoms with Crippen LogP contribution in [0.1, 0.15) is 112 Å². The molecule has 0 spiro atoms. The van der Waals surface area contributed by atoms with Crippen LogP contribution >= 0.6 is 104 Å². The van der Waals surface area contributed by atoms with Gasteiger partial charge in [-0.1, -0.05) is 104 Å². The minimum absolute atomic E-state index is 0.103. The monoisotopic (exact) mass is 1090 g/mol. The van der Waals surface area contributed by atoms with Gasteiger partial charge < -0.3 is 0 Å². The molecule has 12 nitrogen and oxygen atoms in total. The van der Waals surface area contributed by atoms with Crippen LogP contribution in [0.4, 0.5) is 0 Å². The molecule has 6 aromatic rings. The third-order valence-corrected chi connectivity index (χ3v) is 15.7. The van der Waals surface area contributed by atoms with Gasteiger partial charge in [-0.3, -0.25) is 10.1 Å². The van der Waals surface area contributed by atoms with E-state index in [2.05, 4.69) is 14.0 Å². The van der Waals surface area contributed by atoms with Crippen LogP contribution in [0.3, 0.4) is 0 Å². The van der Waals surface area contributed by atoms with E-state index in [9.17, 15) is 10.1 Å². The zero-order valence-corrected chi connectivity index (χ0v) is 43.3. The molecule has 0 amide bonds. The Morgan fingerprint density at radius 3 is 0.985 bits per heavy atom. The number of nitro groups is 1. The summed E-state index contributed by atoms with van der Waals surface area (Å²) in [5, 5.41) is 17.5. The van der Waals surface area contributed by atoms with E-state index in [-0.39, 0.29) is 43.4 Å². The van der Waals surface area contributed by atoms with E-state index in [0.29, 0.717) is 99.4 Å². The summed E-state index contributed by atoms with van der Waals surface area (Å²) in [6, 6.07) is 9.92. The Morgan fingerprint density at radius 2 is 0.731 bits per heavy atom. The van der Waals surface area contributed by atoms with Crippen molar-refractivity contribution < 1.29 is 19.0 Å². The van der Waals surface area contributed by atoms with Crippen molar-refractivity contribution in [2.45, 2.75) is 141 Å². The number of aryl methyl sites for hydroxylation is 6. The molecule has 0 saturated heterocycles. The molecule has 0 unspecified atom stereocenters. The molecule has 354 valence electrons. The van der Waals surface area contributed by atoms with Gasteiger partial charge >= 0.3 is 17.5 Å². The Morgan fingerprint density at radius 1 is 0.463 bits per heavy atom. The summed E-state index contributed by atoms with van der Waals surface area (Å²) >= 11 is 60.9. The van der Waals surface area contributed by atoms with Crippen molar-refractivity contribution in [3.05, 3.63) is 127 Å². The first kappa shape index (κ1) is 49.1. The Labute approximate surface area is 433 Å². The van der Waals surface area contributed by atoms with Crippen molar-refractivity contribution in [2.75, 3.05) is 0 Å². The highest BCUT2D eigenvalue weighted by molar-refractivity contribution is 6.42. The lowest BCUT2D eigenvalue weighted by Crippen LogP contribution is -2.46. The fraction of sp³-hybridized carbons (Fsp3) is 0.478. The van der Waals surface area contributed by atoms with Crippen molar-refractivity contribution in [2.24, 2.45) is 0 Å². The summed E-state index contributed by atoms with van der Waals surface area (Å²) < 4.78 is 12.2. The highest BCUT2D eigenvalue weighted by atomic mass is 35.5. The number of aromatic nitrogens is 9. The van der Waals surface area contributed by atoms with E-state index in [0.717, 1.165) is 94.5 Å². The van der Waals surface area contributed by atoms with E-state index in [1.807, 2.05) is 14.0 Å². The highest BCUT2D eigenvalue weighted by Gasteiger charge is 2.46. The summed E-state index contributed by atoms with van der Waals surface area (Å²) in [4.78, 5) is 29.7. The predicted molar refractivity (Wildman–Crippen MR) is 264 cm³/mol. The van der Waals surface area contributed by atoms with Crippen molar-refractivity contribution in [1.82, 2.24) is 29.0 Å². The molecule has 3 aliphatic rings. The minimum Gasteiger partial charge on any atom is -0.264 e. The van der Waals surface area contributed by atoms with Gasteiger partial charge in [-0.25, -0.2) is 0 Å².